The van der Waals surface area contributed by atoms with Gasteiger partial charge in [-0.25, -0.2) is 4.98 Å². The number of nitrogens with zero attached hydrogens (tertiary/aromatic N) is 3. The van der Waals surface area contributed by atoms with Crippen LogP contribution in [0.5, 0.6) is 11.5 Å². The van der Waals surface area contributed by atoms with Crippen LogP contribution in [0.3, 0.4) is 0 Å². The van der Waals surface area contributed by atoms with Crippen molar-refractivity contribution in [3.05, 3.63) is 52.6 Å². The lowest BCUT2D eigenvalue weighted by atomic mass is 9.70. The molecule has 5 aliphatic rings. The Bertz CT molecular complexity index is 1560. The Hall–Kier alpha value is -3.83. The number of halogens is 1. The average Bonchev–Trinajstić information content (AvgIpc) is 3.84. The minimum absolute atomic E-state index is 0. The third-order valence-electron chi connectivity index (χ3n) is 8.74. The van der Waals surface area contributed by atoms with Gasteiger partial charge in [-0.2, -0.15) is 9.59 Å². The molecule has 0 atom stereocenters. The first kappa shape index (κ1) is 30.6. The van der Waals surface area contributed by atoms with E-state index >= 15 is 0 Å². The number of pyridine rings is 3. The number of aryl methyl sites for hydroxylation is 1. The van der Waals surface area contributed by atoms with Crippen molar-refractivity contribution in [2.45, 2.75) is 69.2 Å². The van der Waals surface area contributed by atoms with Gasteiger partial charge in [-0.1, -0.05) is 0 Å². The number of carbonyl (C=O) groups excluding carboxylic acids is 3. The fraction of sp³-hybridized carbons (Fsp3) is 0.500. The summed E-state index contributed by atoms with van der Waals surface area (Å²) in [6.45, 7) is 2.53. The van der Waals surface area contributed by atoms with Gasteiger partial charge >= 0.3 is 6.15 Å². The van der Waals surface area contributed by atoms with E-state index < -0.39 is 0 Å². The van der Waals surface area contributed by atoms with Crippen molar-refractivity contribution in [3.63, 3.8) is 0 Å². The smallest absolute Gasteiger partial charge is 0.373 e. The van der Waals surface area contributed by atoms with Gasteiger partial charge in [0.05, 0.1) is 41.7 Å². The molecule has 3 aromatic rings. The molecule has 0 spiro atoms. The quantitative estimate of drug-likeness (QED) is 0.369. The highest BCUT2D eigenvalue weighted by Gasteiger charge is 2.49. The van der Waals surface area contributed by atoms with E-state index in [2.05, 4.69) is 20.6 Å². The number of nitrogens with one attached hydrogen (secondary N) is 2. The molecule has 13 heteroatoms. The molecule has 12 nitrogen and oxygen atoms in total. The van der Waals surface area contributed by atoms with Crippen LogP contribution < -0.4 is 25.7 Å². The summed E-state index contributed by atoms with van der Waals surface area (Å²) in [6, 6.07) is 9.12. The molecular formula is C30H34ClN5O7. The van der Waals surface area contributed by atoms with E-state index in [9.17, 15) is 9.59 Å². The lowest BCUT2D eigenvalue weighted by molar-refractivity contribution is -0.191. The highest BCUT2D eigenvalue weighted by molar-refractivity contribution is 5.94. The van der Waals surface area contributed by atoms with Gasteiger partial charge in [-0.05, 0) is 69.1 Å². The third kappa shape index (κ3) is 6.88. The van der Waals surface area contributed by atoms with Gasteiger partial charge in [-0.15, -0.1) is 12.4 Å². The predicted octanol–water partition coefficient (Wildman–Crippen LogP) is 3.01. The van der Waals surface area contributed by atoms with Crippen LogP contribution in [-0.2, 0) is 32.2 Å². The number of hydrogen-bond acceptors (Lipinski definition) is 10. The van der Waals surface area contributed by atoms with E-state index in [1.807, 2.05) is 22.8 Å². The summed E-state index contributed by atoms with van der Waals surface area (Å²) in [4.78, 5) is 49.9. The fourth-order valence-electron chi connectivity index (χ4n) is 5.97. The Morgan fingerprint density at radius 2 is 1.91 bits per heavy atom. The summed E-state index contributed by atoms with van der Waals surface area (Å²) in [7, 11) is 0. The Kier molecular flexibility index (Phi) is 9.12. The van der Waals surface area contributed by atoms with Crippen LogP contribution in [-0.4, -0.2) is 57.6 Å². The van der Waals surface area contributed by atoms with Gasteiger partial charge < -0.3 is 29.4 Å². The summed E-state index contributed by atoms with van der Waals surface area (Å²) in [5.41, 5.74) is 2.12. The van der Waals surface area contributed by atoms with E-state index in [1.165, 1.54) is 12.8 Å². The number of ether oxygens (including phenoxy) is 3. The summed E-state index contributed by atoms with van der Waals surface area (Å²) in [6.07, 6.45) is 9.12. The molecule has 2 N–H and O–H groups in total. The molecule has 0 radical (unpaired) electrons. The molecule has 8 rings (SSSR count). The predicted molar refractivity (Wildman–Crippen MR) is 156 cm³/mol. The molecule has 3 aromatic heterocycles. The average molecular weight is 612 g/mol. The summed E-state index contributed by atoms with van der Waals surface area (Å²) >= 11 is 0. The second-order valence-electron chi connectivity index (χ2n) is 11.6. The number of rotatable bonds is 9. The van der Waals surface area contributed by atoms with Crippen molar-refractivity contribution in [1.29, 1.82) is 0 Å². The maximum atomic E-state index is 12.9. The Balaban J connectivity index is 0.000000885. The second kappa shape index (κ2) is 12.8. The molecule has 2 aliphatic carbocycles. The zero-order valence-corrected chi connectivity index (χ0v) is 24.5. The third-order valence-corrected chi connectivity index (χ3v) is 8.74. The summed E-state index contributed by atoms with van der Waals surface area (Å²) in [5, 5.41) is 6.46. The van der Waals surface area contributed by atoms with Gasteiger partial charge in [0, 0.05) is 30.8 Å². The molecule has 2 bridgehead atoms. The Morgan fingerprint density at radius 1 is 1.12 bits per heavy atom. The van der Waals surface area contributed by atoms with Crippen LogP contribution in [0, 0.1) is 5.92 Å². The Labute approximate surface area is 253 Å². The van der Waals surface area contributed by atoms with Gasteiger partial charge in [-0.3, -0.25) is 14.6 Å². The minimum Gasteiger partial charge on any atom is -0.492 e. The summed E-state index contributed by atoms with van der Waals surface area (Å²) in [5.74, 6) is 2.26. The van der Waals surface area contributed by atoms with Gasteiger partial charge in [0.15, 0.2) is 18.2 Å². The monoisotopic (exact) mass is 611 g/mol. The van der Waals surface area contributed by atoms with Crippen LogP contribution in [0.4, 0.5) is 5.82 Å². The first-order valence-corrected chi connectivity index (χ1v) is 14.3. The van der Waals surface area contributed by atoms with E-state index in [0.717, 1.165) is 54.6 Å². The highest BCUT2D eigenvalue weighted by atomic mass is 35.5. The standard InChI is InChI=1S/C29H33N5O5.CO2.ClH/c35-25-17-38-24-5-3-20(32-27(24)33-25)14-31-28-7-9-29(10-8-28,39-18-28)11-12-34-23-13-21(37-16-19-1-2-19)15-30-22(23)4-6-26(34)36;2-1-3;/h3-6,13,15,19,31H,1-2,7-12,14,16-18H2,(H,32,33,35);;1H. The lowest BCUT2D eigenvalue weighted by Crippen LogP contribution is -2.61. The highest BCUT2D eigenvalue weighted by Crippen LogP contribution is 2.46. The SMILES string of the molecule is Cl.O=C1COc2ccc(CNC34CCC(CCn5c(=O)ccc6ncc(OCC7CC7)cc65)(CC3)OC4)nc2N1.O=C=O. The van der Waals surface area contributed by atoms with Crippen LogP contribution in [0.1, 0.15) is 50.6 Å². The van der Waals surface area contributed by atoms with Crippen molar-refractivity contribution < 1.29 is 28.6 Å². The van der Waals surface area contributed by atoms with Crippen LogP contribution in [0.2, 0.25) is 0 Å². The zero-order chi connectivity index (χ0) is 29.2. The van der Waals surface area contributed by atoms with Crippen molar-refractivity contribution >= 4 is 41.3 Å². The summed E-state index contributed by atoms with van der Waals surface area (Å²) < 4.78 is 19.7. The van der Waals surface area contributed by atoms with Crippen molar-refractivity contribution in [1.82, 2.24) is 19.9 Å². The van der Waals surface area contributed by atoms with Crippen LogP contribution in [0.15, 0.2) is 41.3 Å². The van der Waals surface area contributed by atoms with Crippen LogP contribution >= 0.6 is 12.4 Å². The van der Waals surface area contributed by atoms with Crippen molar-refractivity contribution in [2.24, 2.45) is 5.92 Å². The minimum atomic E-state index is -0.218. The first-order valence-electron chi connectivity index (χ1n) is 14.3. The van der Waals surface area contributed by atoms with Crippen molar-refractivity contribution in [2.75, 3.05) is 25.1 Å². The molecular weight excluding hydrogens is 578 g/mol. The molecule has 6 heterocycles. The molecule has 0 aromatic carbocycles. The number of aromatic nitrogens is 3. The number of carbonyl (C=O) groups is 1. The number of anilines is 1. The van der Waals surface area contributed by atoms with Gasteiger partial charge in [0.1, 0.15) is 5.75 Å². The molecule has 228 valence electrons. The van der Waals surface area contributed by atoms with E-state index in [0.29, 0.717) is 43.8 Å². The fourth-order valence-corrected chi connectivity index (χ4v) is 5.97. The number of amides is 1. The van der Waals surface area contributed by atoms with E-state index in [-0.39, 0.29) is 47.8 Å². The normalized spacial score (nSPS) is 23.5. The lowest BCUT2D eigenvalue weighted by Gasteiger charge is -2.53. The van der Waals surface area contributed by atoms with Gasteiger partial charge in [0.25, 0.3) is 11.5 Å². The molecule has 3 aliphatic heterocycles. The Morgan fingerprint density at radius 3 is 2.63 bits per heavy atom. The molecule has 0 unspecified atom stereocenters. The second-order valence-corrected chi connectivity index (χ2v) is 11.6. The molecule has 2 saturated carbocycles. The van der Waals surface area contributed by atoms with Crippen molar-refractivity contribution in [3.8, 4) is 11.5 Å². The number of fused-ring (bicyclic) bond motifs is 5. The maximum absolute atomic E-state index is 12.9. The number of hydrogen-bond donors (Lipinski definition) is 2. The topological polar surface area (TPSA) is 151 Å². The van der Waals surface area contributed by atoms with Crippen LogP contribution in [0.25, 0.3) is 11.0 Å². The first-order chi connectivity index (χ1) is 20.4. The van der Waals surface area contributed by atoms with Gasteiger partial charge in [0.2, 0.25) is 0 Å². The van der Waals surface area contributed by atoms with E-state index in [4.69, 9.17) is 23.8 Å². The molecule has 1 amide bonds. The van der Waals surface area contributed by atoms with E-state index in [1.54, 1.807) is 18.3 Å². The molecule has 2 saturated heterocycles. The maximum Gasteiger partial charge on any atom is 0.373 e. The largest absolute Gasteiger partial charge is 0.492 e. The zero-order valence-electron chi connectivity index (χ0n) is 23.6. The molecule has 4 fully saturated rings. The molecule has 43 heavy (non-hydrogen) atoms.